The molecule has 4 rings (SSSR count). The van der Waals surface area contributed by atoms with Crippen LogP contribution in [0.3, 0.4) is 0 Å². The van der Waals surface area contributed by atoms with E-state index in [4.69, 9.17) is 12.2 Å². The van der Waals surface area contributed by atoms with Gasteiger partial charge in [0.1, 0.15) is 9.32 Å². The number of aryl methyl sites for hydroxylation is 2. The monoisotopic (exact) mass is 418 g/mol. The van der Waals surface area contributed by atoms with E-state index in [1.165, 1.54) is 16.6 Å². The molecule has 1 saturated heterocycles. The largest absolute Gasteiger partial charge is 0.478 e. The van der Waals surface area contributed by atoms with Gasteiger partial charge in [-0.15, -0.1) is 11.3 Å². The van der Waals surface area contributed by atoms with Crippen LogP contribution in [0.25, 0.3) is 11.1 Å². The second-order valence-corrected chi connectivity index (χ2v) is 9.51. The third kappa shape index (κ3) is 3.15. The standard InChI is InChI=1S/C19H18N2O3S3/c1-9-7-11(8-14-16(22)20-19(25)27-14)10(2)21(9)17-15(18(23)24)12-5-3-4-6-13(12)26-17/h7-8H,3-6H2,1-2H3,(H,23,24)(H,20,22,25)/b14-8+. The number of hydrogen-bond acceptors (Lipinski definition) is 5. The first-order valence-electron chi connectivity index (χ1n) is 8.69. The zero-order valence-electron chi connectivity index (χ0n) is 14.9. The van der Waals surface area contributed by atoms with Gasteiger partial charge in [0, 0.05) is 16.3 Å². The number of rotatable bonds is 3. The summed E-state index contributed by atoms with van der Waals surface area (Å²) in [6.07, 6.45) is 5.75. The Labute approximate surface area is 170 Å². The third-order valence-corrected chi connectivity index (χ3v) is 7.41. The molecule has 0 radical (unpaired) electrons. The van der Waals surface area contributed by atoms with Gasteiger partial charge in [0.15, 0.2) is 0 Å². The average molecular weight is 419 g/mol. The van der Waals surface area contributed by atoms with Crippen LogP contribution in [0.2, 0.25) is 0 Å². The lowest BCUT2D eigenvalue weighted by Crippen LogP contribution is -2.17. The summed E-state index contributed by atoms with van der Waals surface area (Å²) in [5.74, 6) is -1.06. The highest BCUT2D eigenvalue weighted by atomic mass is 32.2. The molecule has 0 spiro atoms. The van der Waals surface area contributed by atoms with Gasteiger partial charge in [0.05, 0.1) is 10.5 Å². The lowest BCUT2D eigenvalue weighted by Gasteiger charge is -2.11. The lowest BCUT2D eigenvalue weighted by atomic mass is 9.95. The first-order chi connectivity index (χ1) is 12.9. The quantitative estimate of drug-likeness (QED) is 0.577. The number of fused-ring (bicyclic) bond motifs is 1. The smallest absolute Gasteiger partial charge is 0.339 e. The Morgan fingerprint density at radius 1 is 1.33 bits per heavy atom. The van der Waals surface area contributed by atoms with Crippen LogP contribution >= 0.6 is 35.3 Å². The van der Waals surface area contributed by atoms with Crippen molar-refractivity contribution in [1.82, 2.24) is 9.88 Å². The van der Waals surface area contributed by atoms with E-state index in [1.54, 1.807) is 11.3 Å². The van der Waals surface area contributed by atoms with Crippen molar-refractivity contribution in [2.75, 3.05) is 0 Å². The molecule has 0 saturated carbocycles. The van der Waals surface area contributed by atoms with Gasteiger partial charge in [-0.3, -0.25) is 4.79 Å². The zero-order chi connectivity index (χ0) is 19.3. The van der Waals surface area contributed by atoms with Crippen LogP contribution in [0.1, 0.15) is 50.6 Å². The first kappa shape index (κ1) is 18.5. The van der Waals surface area contributed by atoms with Crippen LogP contribution in [-0.4, -0.2) is 25.9 Å². The van der Waals surface area contributed by atoms with Gasteiger partial charge in [0.2, 0.25) is 0 Å². The second kappa shape index (κ2) is 6.92. The number of thioether (sulfide) groups is 1. The molecule has 5 nitrogen and oxygen atoms in total. The summed E-state index contributed by atoms with van der Waals surface area (Å²) in [6, 6.07) is 1.99. The minimum atomic E-state index is -0.868. The summed E-state index contributed by atoms with van der Waals surface area (Å²) < 4.78 is 2.47. The SMILES string of the molecule is Cc1cc(/C=C2/SC(=S)NC2=O)c(C)n1-c1sc2c(c1C(=O)O)CCCC2. The molecule has 140 valence electrons. The van der Waals surface area contributed by atoms with Crippen LogP contribution < -0.4 is 5.32 Å². The zero-order valence-corrected chi connectivity index (χ0v) is 17.4. The van der Waals surface area contributed by atoms with E-state index in [2.05, 4.69) is 5.32 Å². The van der Waals surface area contributed by atoms with Crippen molar-refractivity contribution >= 4 is 57.6 Å². The molecule has 27 heavy (non-hydrogen) atoms. The van der Waals surface area contributed by atoms with E-state index in [-0.39, 0.29) is 5.91 Å². The van der Waals surface area contributed by atoms with Crippen molar-refractivity contribution in [2.24, 2.45) is 0 Å². The molecule has 0 atom stereocenters. The highest BCUT2D eigenvalue weighted by molar-refractivity contribution is 8.26. The minimum absolute atomic E-state index is 0.187. The Morgan fingerprint density at radius 2 is 2.07 bits per heavy atom. The molecule has 1 amide bonds. The number of nitrogens with zero attached hydrogens (tertiary/aromatic N) is 1. The molecule has 2 aromatic rings. The second-order valence-electron chi connectivity index (χ2n) is 6.71. The lowest BCUT2D eigenvalue weighted by molar-refractivity contribution is -0.115. The molecular weight excluding hydrogens is 400 g/mol. The van der Waals surface area contributed by atoms with E-state index in [9.17, 15) is 14.7 Å². The average Bonchev–Trinajstić information content (AvgIpc) is 3.21. The predicted molar refractivity (Wildman–Crippen MR) is 113 cm³/mol. The summed E-state index contributed by atoms with van der Waals surface area (Å²) in [4.78, 5) is 25.7. The van der Waals surface area contributed by atoms with Crippen LogP contribution in [0.5, 0.6) is 0 Å². The molecule has 3 heterocycles. The molecule has 2 aromatic heterocycles. The summed E-state index contributed by atoms with van der Waals surface area (Å²) in [6.45, 7) is 3.92. The fourth-order valence-corrected chi connectivity index (χ4v) is 6.27. The topological polar surface area (TPSA) is 71.3 Å². The molecule has 1 fully saturated rings. The number of hydrogen-bond donors (Lipinski definition) is 2. The summed E-state index contributed by atoms with van der Waals surface area (Å²) in [7, 11) is 0. The Morgan fingerprint density at radius 3 is 2.74 bits per heavy atom. The van der Waals surface area contributed by atoms with E-state index in [0.29, 0.717) is 14.8 Å². The number of aromatic nitrogens is 1. The molecule has 1 aliphatic heterocycles. The van der Waals surface area contributed by atoms with Crippen molar-refractivity contribution in [2.45, 2.75) is 39.5 Å². The maximum atomic E-state index is 12.0. The van der Waals surface area contributed by atoms with Gasteiger partial charge in [-0.25, -0.2) is 4.79 Å². The van der Waals surface area contributed by atoms with Crippen molar-refractivity contribution < 1.29 is 14.7 Å². The van der Waals surface area contributed by atoms with Crippen molar-refractivity contribution in [3.05, 3.63) is 43.9 Å². The number of carbonyl (C=O) groups is 2. The van der Waals surface area contributed by atoms with Crippen LogP contribution in [0, 0.1) is 13.8 Å². The van der Waals surface area contributed by atoms with Crippen molar-refractivity contribution in [1.29, 1.82) is 0 Å². The van der Waals surface area contributed by atoms with Crippen LogP contribution in [0.4, 0.5) is 0 Å². The van der Waals surface area contributed by atoms with E-state index < -0.39 is 5.97 Å². The molecular formula is C19H18N2O3S3. The predicted octanol–water partition coefficient (Wildman–Crippen LogP) is 4.22. The maximum absolute atomic E-state index is 12.0. The highest BCUT2D eigenvalue weighted by Crippen LogP contribution is 2.39. The summed E-state index contributed by atoms with van der Waals surface area (Å²) >= 11 is 7.88. The van der Waals surface area contributed by atoms with Gasteiger partial charge >= 0.3 is 5.97 Å². The molecule has 2 N–H and O–H groups in total. The van der Waals surface area contributed by atoms with Gasteiger partial charge in [-0.1, -0.05) is 24.0 Å². The number of thiophene rings is 1. The van der Waals surface area contributed by atoms with Crippen LogP contribution in [-0.2, 0) is 17.6 Å². The van der Waals surface area contributed by atoms with Gasteiger partial charge < -0.3 is 15.0 Å². The Balaban J connectivity index is 1.85. The van der Waals surface area contributed by atoms with E-state index >= 15 is 0 Å². The van der Waals surface area contributed by atoms with Gasteiger partial charge in [0.25, 0.3) is 5.91 Å². The summed E-state index contributed by atoms with van der Waals surface area (Å²) in [5, 5.41) is 13.3. The van der Waals surface area contributed by atoms with E-state index in [1.807, 2.05) is 30.6 Å². The number of nitrogens with one attached hydrogen (secondary N) is 1. The number of carbonyl (C=O) groups excluding carboxylic acids is 1. The minimum Gasteiger partial charge on any atom is -0.478 e. The van der Waals surface area contributed by atoms with Gasteiger partial charge in [-0.2, -0.15) is 0 Å². The number of carboxylic acid groups (broad SMARTS) is 1. The third-order valence-electron chi connectivity index (χ3n) is 4.97. The maximum Gasteiger partial charge on any atom is 0.339 e. The molecule has 0 bridgehead atoms. The molecule has 0 unspecified atom stereocenters. The first-order valence-corrected chi connectivity index (χ1v) is 10.7. The number of carboxylic acids is 1. The van der Waals surface area contributed by atoms with Crippen molar-refractivity contribution in [3.8, 4) is 5.00 Å². The van der Waals surface area contributed by atoms with Crippen molar-refractivity contribution in [3.63, 3.8) is 0 Å². The molecule has 8 heteroatoms. The molecule has 2 aliphatic rings. The number of amides is 1. The number of thiocarbonyl (C=S) groups is 1. The number of aromatic carboxylic acids is 1. The van der Waals surface area contributed by atoms with E-state index in [0.717, 1.165) is 53.2 Å². The molecule has 0 aromatic carbocycles. The Kier molecular flexibility index (Phi) is 4.73. The summed E-state index contributed by atoms with van der Waals surface area (Å²) in [5.41, 5.74) is 4.21. The Hall–Kier alpha value is -1.90. The molecule has 1 aliphatic carbocycles. The highest BCUT2D eigenvalue weighted by Gasteiger charge is 2.28. The van der Waals surface area contributed by atoms with Crippen LogP contribution in [0.15, 0.2) is 11.0 Å². The Bertz CT molecular complexity index is 1030. The normalized spacial score (nSPS) is 18.1. The van der Waals surface area contributed by atoms with Gasteiger partial charge in [-0.05, 0) is 62.8 Å². The fraction of sp³-hybridized carbons (Fsp3) is 0.316. The fourth-order valence-electron chi connectivity index (χ4n) is 3.74.